The van der Waals surface area contributed by atoms with Crippen molar-refractivity contribution < 1.29 is 37.4 Å². The van der Waals surface area contributed by atoms with Crippen molar-refractivity contribution >= 4 is 34.0 Å². The maximum absolute atomic E-state index is 12.3. The molecule has 2 aromatic carbocycles. The lowest BCUT2D eigenvalue weighted by atomic mass is 10.2. The van der Waals surface area contributed by atoms with E-state index in [0.717, 1.165) is 22.7 Å². The molecule has 14 heteroatoms. The van der Waals surface area contributed by atoms with Crippen LogP contribution in [0, 0.1) is 11.3 Å². The Morgan fingerprint density at radius 3 is 2.41 bits per heavy atom. The highest BCUT2D eigenvalue weighted by Crippen LogP contribution is 2.47. The molecule has 2 aromatic rings. The summed E-state index contributed by atoms with van der Waals surface area (Å²) >= 11 is 0. The Bertz CT molecular complexity index is 1400. The summed E-state index contributed by atoms with van der Waals surface area (Å²) in [6, 6.07) is 13.2. The molecular weight excluding hydrogens is 506 g/mol. The fourth-order valence-electron chi connectivity index (χ4n) is 3.81. The summed E-state index contributed by atoms with van der Waals surface area (Å²) in [5, 5.41) is 20.0. The molecule has 4 aliphatic heterocycles. The smallest absolute Gasteiger partial charge is 0.331 e. The zero-order chi connectivity index (χ0) is 26.5. The number of aliphatic carboxylic acids is 1. The average molecular weight is 528 g/mol. The van der Waals surface area contributed by atoms with Crippen molar-refractivity contribution in [1.82, 2.24) is 10.2 Å². The molecule has 1 fully saturated rings. The Morgan fingerprint density at radius 1 is 1.16 bits per heavy atom. The quantitative estimate of drug-likeness (QED) is 0.509. The van der Waals surface area contributed by atoms with Gasteiger partial charge in [0.25, 0.3) is 6.29 Å². The largest absolute Gasteiger partial charge is 0.480 e. The van der Waals surface area contributed by atoms with E-state index in [2.05, 4.69) is 9.68 Å². The topological polar surface area (TPSA) is 179 Å². The van der Waals surface area contributed by atoms with E-state index in [1.165, 1.54) is 4.90 Å². The first-order chi connectivity index (χ1) is 17.7. The van der Waals surface area contributed by atoms with Crippen LogP contribution in [0.5, 0.6) is 11.5 Å². The number of carbonyl (C=O) groups excluding carboxylic acids is 2. The highest BCUT2D eigenvalue weighted by Gasteiger charge is 2.33. The standard InChI is InChI=1S/C16H17N5O6S.C7H4O2/c17-7-11-1-3-12(4-2-11)20-5-6-21(15(23)10-20)9-14(22)18-8-13(16(24)25)19-28(26)27;1-2-5-6-3-4(1)7(8-5)9-6/h1-4,13H,5-6,8-10H2,(H,18,22)(H,24,25);1-3,7H/t13-;/m0./s1. The number of anilines is 1. The van der Waals surface area contributed by atoms with Gasteiger partial charge in [0.2, 0.25) is 11.8 Å². The molecule has 0 spiro atoms. The molecule has 0 aromatic heterocycles. The third kappa shape index (κ3) is 6.14. The van der Waals surface area contributed by atoms with Gasteiger partial charge < -0.3 is 29.7 Å². The third-order valence-electron chi connectivity index (χ3n) is 5.71. The second kappa shape index (κ2) is 11.0. The van der Waals surface area contributed by atoms with Crippen LogP contribution in [0.1, 0.15) is 17.4 Å². The monoisotopic (exact) mass is 527 g/mol. The number of nitrogens with one attached hydrogen (secondary N) is 1. The molecule has 0 radical (unpaired) electrons. The van der Waals surface area contributed by atoms with Gasteiger partial charge in [-0.15, -0.1) is 0 Å². The summed E-state index contributed by atoms with van der Waals surface area (Å²) in [5.74, 6) is -0.603. The minimum absolute atomic E-state index is 0.0570. The molecule has 6 rings (SSSR count). The number of amides is 2. The summed E-state index contributed by atoms with van der Waals surface area (Å²) in [6.07, 6.45) is -0.0972. The van der Waals surface area contributed by atoms with Gasteiger partial charge in [0.1, 0.15) is 0 Å². The number of hydrogen-bond acceptors (Lipinski definition) is 10. The van der Waals surface area contributed by atoms with Crippen LogP contribution >= 0.6 is 0 Å². The van der Waals surface area contributed by atoms with E-state index >= 15 is 0 Å². The number of carboxylic acids is 1. The second-order valence-electron chi connectivity index (χ2n) is 8.15. The van der Waals surface area contributed by atoms with E-state index in [-0.39, 0.29) is 31.8 Å². The minimum Gasteiger partial charge on any atom is -0.480 e. The lowest BCUT2D eigenvalue weighted by Crippen LogP contribution is -2.53. The number of carbonyl (C=O) groups is 3. The predicted octanol–water partition coefficient (Wildman–Crippen LogP) is 0.309. The van der Waals surface area contributed by atoms with Crippen LogP contribution in [-0.2, 0) is 24.9 Å². The molecule has 4 heterocycles. The van der Waals surface area contributed by atoms with Crippen molar-refractivity contribution in [1.29, 1.82) is 5.26 Å². The molecule has 2 atom stereocenters. The van der Waals surface area contributed by atoms with Gasteiger partial charge in [-0.25, -0.2) is 4.79 Å². The summed E-state index contributed by atoms with van der Waals surface area (Å²) < 4.78 is 34.5. The zero-order valence-electron chi connectivity index (χ0n) is 19.2. The van der Waals surface area contributed by atoms with Crippen molar-refractivity contribution in [2.24, 2.45) is 4.36 Å². The molecule has 0 aliphatic carbocycles. The number of benzene rings is 2. The van der Waals surface area contributed by atoms with Crippen molar-refractivity contribution in [3.8, 4) is 17.6 Å². The van der Waals surface area contributed by atoms with Gasteiger partial charge in [-0.1, -0.05) is 0 Å². The first-order valence-corrected chi connectivity index (χ1v) is 12.1. The van der Waals surface area contributed by atoms with E-state index in [1.54, 1.807) is 24.3 Å². The van der Waals surface area contributed by atoms with Crippen LogP contribution in [0.2, 0.25) is 0 Å². The molecular formula is C23H21N5O8S. The maximum Gasteiger partial charge on any atom is 0.331 e. The molecule has 2 amide bonds. The van der Waals surface area contributed by atoms with Gasteiger partial charge in [0.05, 0.1) is 31.3 Å². The lowest BCUT2D eigenvalue weighted by molar-refractivity contribution is -0.139. The Morgan fingerprint density at radius 2 is 1.89 bits per heavy atom. The van der Waals surface area contributed by atoms with Crippen LogP contribution in [0.25, 0.3) is 0 Å². The summed E-state index contributed by atoms with van der Waals surface area (Å²) in [5.41, 5.74) is 2.44. The van der Waals surface area contributed by atoms with Crippen molar-refractivity contribution in [2.75, 3.05) is 37.6 Å². The van der Waals surface area contributed by atoms with Gasteiger partial charge in [-0.3, -0.25) is 9.59 Å². The predicted molar refractivity (Wildman–Crippen MR) is 126 cm³/mol. The number of nitriles is 1. The highest BCUT2D eigenvalue weighted by molar-refractivity contribution is 7.61. The van der Waals surface area contributed by atoms with Gasteiger partial charge in [-0.05, 0) is 42.5 Å². The highest BCUT2D eigenvalue weighted by atomic mass is 32.2. The first kappa shape index (κ1) is 25.5. The van der Waals surface area contributed by atoms with Crippen LogP contribution < -0.4 is 19.7 Å². The lowest BCUT2D eigenvalue weighted by Gasteiger charge is -2.35. The second-order valence-corrected chi connectivity index (χ2v) is 8.80. The summed E-state index contributed by atoms with van der Waals surface area (Å²) in [4.78, 5) is 38.3. The van der Waals surface area contributed by atoms with Gasteiger partial charge in [0.15, 0.2) is 17.5 Å². The molecule has 192 valence electrons. The molecule has 2 N–H and O–H groups in total. The van der Waals surface area contributed by atoms with Crippen LogP contribution in [0.15, 0.2) is 46.8 Å². The fourth-order valence-corrected chi connectivity index (χ4v) is 4.18. The number of hydrogen-bond donors (Lipinski definition) is 2. The van der Waals surface area contributed by atoms with Crippen molar-refractivity contribution in [3.63, 3.8) is 0 Å². The van der Waals surface area contributed by atoms with Crippen molar-refractivity contribution in [3.05, 3.63) is 53.6 Å². The van der Waals surface area contributed by atoms with E-state index in [1.807, 2.05) is 29.2 Å². The Hall–Kier alpha value is -4.64. The van der Waals surface area contributed by atoms with Gasteiger partial charge >= 0.3 is 16.5 Å². The molecule has 4 aliphatic rings. The number of fused-ring (bicyclic) bond motifs is 1. The van der Waals surface area contributed by atoms with E-state index in [0.29, 0.717) is 12.1 Å². The normalized spacial score (nSPS) is 17.1. The number of rotatable bonds is 7. The van der Waals surface area contributed by atoms with Gasteiger partial charge in [0, 0.05) is 24.3 Å². The Kier molecular flexibility index (Phi) is 7.54. The molecule has 13 nitrogen and oxygen atoms in total. The average Bonchev–Trinajstić information content (AvgIpc) is 3.45. The van der Waals surface area contributed by atoms with Gasteiger partial charge in [-0.2, -0.15) is 18.0 Å². The molecule has 1 saturated heterocycles. The van der Waals surface area contributed by atoms with Crippen LogP contribution in [0.4, 0.5) is 5.69 Å². The molecule has 1 unspecified atom stereocenters. The van der Waals surface area contributed by atoms with E-state index < -0.39 is 35.0 Å². The van der Waals surface area contributed by atoms with Crippen LogP contribution in [0.3, 0.4) is 0 Å². The first-order valence-electron chi connectivity index (χ1n) is 11.0. The third-order valence-corrected chi connectivity index (χ3v) is 6.14. The van der Waals surface area contributed by atoms with Crippen LogP contribution in [-0.4, -0.2) is 75.0 Å². The fraction of sp³-hybridized carbons (Fsp3) is 0.304. The Balaban J connectivity index is 0.000000289. The number of carboxylic acid groups (broad SMARTS) is 1. The maximum atomic E-state index is 12.3. The number of nitrogens with zero attached hydrogens (tertiary/aromatic N) is 4. The number of ether oxygens (including phenoxy) is 2. The van der Waals surface area contributed by atoms with E-state index in [9.17, 15) is 22.8 Å². The number of piperazine rings is 1. The summed E-state index contributed by atoms with van der Waals surface area (Å²) in [6.45, 7) is 0.0482. The SMILES string of the molecule is N#Cc1ccc(N2CCN(CC(=O)NC[C@H](N=S(=O)=O)C(=O)O)C(=O)C2)cc1.c1cc2c3cc1C(O2)O3. The molecule has 37 heavy (non-hydrogen) atoms. The van der Waals surface area contributed by atoms with E-state index in [4.69, 9.17) is 19.8 Å². The minimum atomic E-state index is -2.91. The summed E-state index contributed by atoms with van der Waals surface area (Å²) in [7, 11) is -2.91. The zero-order valence-corrected chi connectivity index (χ0v) is 20.1. The Labute approximate surface area is 212 Å². The molecule has 4 bridgehead atoms. The van der Waals surface area contributed by atoms with Crippen molar-refractivity contribution in [2.45, 2.75) is 12.3 Å². The molecule has 0 saturated carbocycles.